The van der Waals surface area contributed by atoms with Crippen molar-refractivity contribution in [3.8, 4) is 16.9 Å². The van der Waals surface area contributed by atoms with Crippen molar-refractivity contribution in [2.45, 2.75) is 37.7 Å². The fraction of sp³-hybridized carbons (Fsp3) is 0.375. The molecule has 0 unspecified atom stereocenters. The minimum Gasteiger partial charge on any atom is -0.480 e. The van der Waals surface area contributed by atoms with Gasteiger partial charge in [0.25, 0.3) is 0 Å². The van der Waals surface area contributed by atoms with E-state index in [-0.39, 0.29) is 5.60 Å². The molecule has 1 aliphatic heterocycles. The second-order valence-corrected chi connectivity index (χ2v) is 5.64. The van der Waals surface area contributed by atoms with Crippen LogP contribution in [0, 0.1) is 0 Å². The van der Waals surface area contributed by atoms with Crippen LogP contribution in [0.2, 0.25) is 0 Å². The molecular formula is C16H17N3O. The highest BCUT2D eigenvalue weighted by Gasteiger charge is 2.43. The Morgan fingerprint density at radius 3 is 2.70 bits per heavy atom. The molecule has 4 nitrogen and oxygen atoms in total. The minimum absolute atomic E-state index is 0.307. The lowest BCUT2D eigenvalue weighted by atomic mass is 9.78. The van der Waals surface area contributed by atoms with E-state index in [0.717, 1.165) is 35.4 Å². The molecule has 2 aromatic rings. The number of anilines is 1. The van der Waals surface area contributed by atoms with Crippen LogP contribution >= 0.6 is 0 Å². The molecule has 2 aliphatic rings. The maximum atomic E-state index is 6.40. The van der Waals surface area contributed by atoms with Crippen molar-refractivity contribution in [3.63, 3.8) is 0 Å². The van der Waals surface area contributed by atoms with Gasteiger partial charge < -0.3 is 10.5 Å². The Balaban J connectivity index is 1.96. The summed E-state index contributed by atoms with van der Waals surface area (Å²) in [5.74, 6) is 1.27. The highest BCUT2D eigenvalue weighted by molar-refractivity contribution is 5.75. The third-order valence-electron chi connectivity index (χ3n) is 4.38. The molecule has 1 fully saturated rings. The smallest absolute Gasteiger partial charge is 0.220 e. The van der Waals surface area contributed by atoms with Gasteiger partial charge in [-0.25, -0.2) is 9.97 Å². The molecule has 2 N–H and O–H groups in total. The van der Waals surface area contributed by atoms with E-state index < -0.39 is 0 Å². The van der Waals surface area contributed by atoms with Gasteiger partial charge in [0.15, 0.2) is 5.60 Å². The van der Waals surface area contributed by atoms with Crippen LogP contribution in [0.25, 0.3) is 11.1 Å². The van der Waals surface area contributed by atoms with Crippen LogP contribution in [-0.4, -0.2) is 9.97 Å². The summed E-state index contributed by atoms with van der Waals surface area (Å²) in [7, 11) is 0. The van der Waals surface area contributed by atoms with E-state index in [1.807, 2.05) is 24.4 Å². The molecule has 0 bridgehead atoms. The number of para-hydroxylation sites is 1. The van der Waals surface area contributed by atoms with Crippen LogP contribution in [0.15, 0.2) is 30.5 Å². The van der Waals surface area contributed by atoms with Gasteiger partial charge in [0, 0.05) is 17.3 Å². The Bertz CT molecular complexity index is 663. The second kappa shape index (κ2) is 4.20. The number of hydrogen-bond acceptors (Lipinski definition) is 4. The molecule has 0 radical (unpaired) electrons. The maximum Gasteiger partial charge on any atom is 0.220 e. The lowest BCUT2D eigenvalue weighted by Gasteiger charge is -2.41. The Labute approximate surface area is 118 Å². The zero-order valence-electron chi connectivity index (χ0n) is 11.3. The highest BCUT2D eigenvalue weighted by Crippen LogP contribution is 2.50. The van der Waals surface area contributed by atoms with E-state index >= 15 is 0 Å². The summed E-state index contributed by atoms with van der Waals surface area (Å²) in [5, 5.41) is 0. The number of nitrogen functional groups attached to an aromatic ring is 1. The number of fused-ring (bicyclic) bond motifs is 4. The van der Waals surface area contributed by atoms with Crippen LogP contribution in [0.3, 0.4) is 0 Å². The fourth-order valence-electron chi connectivity index (χ4n) is 3.44. The van der Waals surface area contributed by atoms with Crippen molar-refractivity contribution in [1.29, 1.82) is 0 Å². The largest absolute Gasteiger partial charge is 0.480 e. The van der Waals surface area contributed by atoms with Crippen molar-refractivity contribution < 1.29 is 4.74 Å². The van der Waals surface area contributed by atoms with Crippen molar-refractivity contribution in [2.75, 3.05) is 5.73 Å². The van der Waals surface area contributed by atoms with E-state index in [2.05, 4.69) is 16.0 Å². The zero-order chi connectivity index (χ0) is 13.6. The predicted octanol–water partition coefficient (Wildman–Crippen LogP) is 3.28. The van der Waals surface area contributed by atoms with E-state index in [0.29, 0.717) is 5.95 Å². The molecule has 20 heavy (non-hydrogen) atoms. The first-order chi connectivity index (χ1) is 9.78. The van der Waals surface area contributed by atoms with Gasteiger partial charge in [0.1, 0.15) is 5.75 Å². The molecule has 0 amide bonds. The summed E-state index contributed by atoms with van der Waals surface area (Å²) in [4.78, 5) is 8.71. The minimum atomic E-state index is -0.307. The lowest BCUT2D eigenvalue weighted by molar-refractivity contribution is 0.0198. The van der Waals surface area contributed by atoms with Crippen molar-refractivity contribution in [3.05, 3.63) is 36.2 Å². The number of hydrogen-bond donors (Lipinski definition) is 1. The van der Waals surface area contributed by atoms with E-state index in [1.165, 1.54) is 19.3 Å². The topological polar surface area (TPSA) is 61.0 Å². The van der Waals surface area contributed by atoms with Gasteiger partial charge in [0.05, 0.1) is 5.69 Å². The third-order valence-corrected chi connectivity index (χ3v) is 4.38. The molecule has 1 aromatic heterocycles. The van der Waals surface area contributed by atoms with Crippen LogP contribution in [0.5, 0.6) is 5.75 Å². The van der Waals surface area contributed by atoms with Crippen LogP contribution < -0.4 is 10.5 Å². The summed E-state index contributed by atoms with van der Waals surface area (Å²) in [6.45, 7) is 0. The summed E-state index contributed by atoms with van der Waals surface area (Å²) in [5.41, 5.74) is 8.62. The number of benzene rings is 1. The summed E-state index contributed by atoms with van der Waals surface area (Å²) < 4.78 is 6.40. The molecule has 0 atom stereocenters. The van der Waals surface area contributed by atoms with Crippen molar-refractivity contribution in [1.82, 2.24) is 9.97 Å². The summed E-state index contributed by atoms with van der Waals surface area (Å²) in [6, 6.07) is 8.12. The maximum absolute atomic E-state index is 6.40. The van der Waals surface area contributed by atoms with E-state index in [9.17, 15) is 0 Å². The third kappa shape index (κ3) is 1.60. The van der Waals surface area contributed by atoms with Gasteiger partial charge in [-0.2, -0.15) is 0 Å². The number of aromatic nitrogens is 2. The Morgan fingerprint density at radius 2 is 1.85 bits per heavy atom. The molecule has 4 heteroatoms. The first kappa shape index (κ1) is 11.7. The Kier molecular flexibility index (Phi) is 2.46. The molecule has 1 spiro atoms. The van der Waals surface area contributed by atoms with Gasteiger partial charge in [-0.1, -0.05) is 24.6 Å². The molecule has 0 saturated heterocycles. The molecule has 2 heterocycles. The number of rotatable bonds is 0. The van der Waals surface area contributed by atoms with Crippen LogP contribution in [0.4, 0.5) is 5.95 Å². The number of nitrogens with zero attached hydrogens (tertiary/aromatic N) is 2. The summed E-state index contributed by atoms with van der Waals surface area (Å²) in [6.07, 6.45) is 7.46. The quantitative estimate of drug-likeness (QED) is 0.795. The number of ether oxygens (including phenoxy) is 1. The van der Waals surface area contributed by atoms with Gasteiger partial charge in [-0.05, 0) is 31.7 Å². The molecule has 102 valence electrons. The Hall–Kier alpha value is -2.10. The lowest BCUT2D eigenvalue weighted by Crippen LogP contribution is -2.39. The first-order valence-electron chi connectivity index (χ1n) is 7.20. The highest BCUT2D eigenvalue weighted by atomic mass is 16.5. The molecule has 1 aromatic carbocycles. The number of nitrogens with two attached hydrogens (primary N) is 1. The van der Waals surface area contributed by atoms with Crippen molar-refractivity contribution >= 4 is 5.95 Å². The van der Waals surface area contributed by atoms with Gasteiger partial charge in [-0.15, -0.1) is 0 Å². The zero-order valence-corrected chi connectivity index (χ0v) is 11.3. The first-order valence-corrected chi connectivity index (χ1v) is 7.20. The van der Waals surface area contributed by atoms with Gasteiger partial charge in [-0.3, -0.25) is 0 Å². The second-order valence-electron chi connectivity index (χ2n) is 5.64. The predicted molar refractivity (Wildman–Crippen MR) is 77.3 cm³/mol. The standard InChI is InChI=1S/C16H17N3O/c17-15-18-10-12-11-6-2-3-7-13(11)20-16(14(12)19-15)8-4-1-5-9-16/h2-3,6-7,10H,1,4-5,8-9H2,(H2,17,18,19). The molecule has 1 saturated carbocycles. The normalized spacial score (nSPS) is 19.0. The Morgan fingerprint density at radius 1 is 1.05 bits per heavy atom. The van der Waals surface area contributed by atoms with Crippen LogP contribution in [-0.2, 0) is 5.60 Å². The molecular weight excluding hydrogens is 250 g/mol. The van der Waals surface area contributed by atoms with Gasteiger partial charge in [0.2, 0.25) is 5.95 Å². The van der Waals surface area contributed by atoms with Crippen molar-refractivity contribution in [2.24, 2.45) is 0 Å². The van der Waals surface area contributed by atoms with Crippen LogP contribution in [0.1, 0.15) is 37.8 Å². The van der Waals surface area contributed by atoms with Gasteiger partial charge >= 0.3 is 0 Å². The average molecular weight is 267 g/mol. The fourth-order valence-corrected chi connectivity index (χ4v) is 3.44. The van der Waals surface area contributed by atoms with E-state index in [4.69, 9.17) is 10.5 Å². The molecule has 4 rings (SSSR count). The average Bonchev–Trinajstić information content (AvgIpc) is 2.49. The SMILES string of the molecule is Nc1ncc2c(n1)C1(CCCCC1)Oc1ccccc1-2. The monoisotopic (exact) mass is 267 g/mol. The molecule has 1 aliphatic carbocycles. The van der Waals surface area contributed by atoms with E-state index in [1.54, 1.807) is 0 Å². The summed E-state index contributed by atoms with van der Waals surface area (Å²) >= 11 is 0.